The lowest BCUT2D eigenvalue weighted by molar-refractivity contribution is 0.521. The second-order valence-corrected chi connectivity index (χ2v) is 8.03. The molecule has 1 aliphatic heterocycles. The molecule has 0 unspecified atom stereocenters. The molecule has 0 radical (unpaired) electrons. The molecule has 1 aromatic carbocycles. The fourth-order valence-corrected chi connectivity index (χ4v) is 4.54. The van der Waals surface area contributed by atoms with Crippen molar-refractivity contribution in [3.63, 3.8) is 0 Å². The molecule has 1 aliphatic rings. The quantitative estimate of drug-likeness (QED) is 0.429. The molecule has 0 bridgehead atoms. The summed E-state index contributed by atoms with van der Waals surface area (Å²) in [6.45, 7) is 0.723. The van der Waals surface area contributed by atoms with Crippen LogP contribution in [0.1, 0.15) is 36.0 Å². The van der Waals surface area contributed by atoms with Gasteiger partial charge in [-0.2, -0.15) is 0 Å². The first-order valence-electron chi connectivity index (χ1n) is 10.0. The molecule has 150 valence electrons. The number of nitrogens with zero attached hydrogens (tertiary/aromatic N) is 3. The van der Waals surface area contributed by atoms with E-state index < -0.39 is 0 Å². The molecule has 4 nitrogen and oxygen atoms in total. The third-order valence-electron chi connectivity index (χ3n) is 5.40. The monoisotopic (exact) mass is 416 g/mol. The first-order valence-corrected chi connectivity index (χ1v) is 10.9. The van der Waals surface area contributed by atoms with E-state index in [9.17, 15) is 4.39 Å². The summed E-state index contributed by atoms with van der Waals surface area (Å²) < 4.78 is 17.9. The summed E-state index contributed by atoms with van der Waals surface area (Å²) in [4.78, 5) is 9.99. The lowest BCUT2D eigenvalue weighted by atomic mass is 9.92. The summed E-state index contributed by atoms with van der Waals surface area (Å²) >= 11 is 1.46. The maximum atomic E-state index is 13.7. The first kappa shape index (κ1) is 18.8. The Labute approximate surface area is 178 Å². The molecule has 0 saturated carbocycles. The SMILES string of the molecule is Fc1ccc(C2=C(c3ccnc4[nH]ccc34)N(Cc3cnsc3)C=CCCC2)cc1. The smallest absolute Gasteiger partial charge is 0.137 e. The van der Waals surface area contributed by atoms with Crippen molar-refractivity contribution >= 4 is 33.8 Å². The van der Waals surface area contributed by atoms with Crippen LogP contribution in [0.2, 0.25) is 0 Å². The number of hydrogen-bond donors (Lipinski definition) is 1. The van der Waals surface area contributed by atoms with E-state index in [1.807, 2.05) is 30.7 Å². The van der Waals surface area contributed by atoms with Crippen molar-refractivity contribution in [1.29, 1.82) is 0 Å². The van der Waals surface area contributed by atoms with Crippen LogP contribution >= 0.6 is 11.5 Å². The zero-order valence-electron chi connectivity index (χ0n) is 16.4. The van der Waals surface area contributed by atoms with Crippen LogP contribution < -0.4 is 0 Å². The van der Waals surface area contributed by atoms with E-state index in [2.05, 4.69) is 49.0 Å². The standard InChI is InChI=1S/C24H21FN4S/c25-19-7-5-18(6-8-19)20-4-2-1-3-13-29(15-17-14-28-30-16-17)23(20)21-9-11-26-24-22(21)10-12-27-24/h3,5-14,16H,1-2,4,15H2,(H,26,27). The predicted molar refractivity (Wildman–Crippen MR) is 120 cm³/mol. The fraction of sp³-hybridized carbons (Fsp3) is 0.167. The third kappa shape index (κ3) is 3.66. The highest BCUT2D eigenvalue weighted by Crippen LogP contribution is 2.38. The molecule has 3 aromatic heterocycles. The van der Waals surface area contributed by atoms with Gasteiger partial charge in [-0.25, -0.2) is 13.7 Å². The van der Waals surface area contributed by atoms with Gasteiger partial charge in [0.2, 0.25) is 0 Å². The molecular formula is C24H21FN4S. The van der Waals surface area contributed by atoms with Crippen molar-refractivity contribution in [2.45, 2.75) is 25.8 Å². The van der Waals surface area contributed by atoms with E-state index in [1.165, 1.54) is 22.7 Å². The van der Waals surface area contributed by atoms with Gasteiger partial charge >= 0.3 is 0 Å². The number of hydrogen-bond acceptors (Lipinski definition) is 4. The number of benzene rings is 1. The molecule has 4 heterocycles. The Morgan fingerprint density at radius 3 is 2.87 bits per heavy atom. The Bertz CT molecular complexity index is 1210. The number of nitrogens with one attached hydrogen (secondary N) is 1. The Hall–Kier alpha value is -3.25. The van der Waals surface area contributed by atoms with Crippen molar-refractivity contribution in [2.75, 3.05) is 0 Å². The lowest BCUT2D eigenvalue weighted by Gasteiger charge is -2.29. The highest BCUT2D eigenvalue weighted by molar-refractivity contribution is 7.03. The lowest BCUT2D eigenvalue weighted by Crippen LogP contribution is -2.18. The minimum Gasteiger partial charge on any atom is -0.346 e. The van der Waals surface area contributed by atoms with Crippen LogP contribution in [0.4, 0.5) is 4.39 Å². The van der Waals surface area contributed by atoms with Gasteiger partial charge in [-0.3, -0.25) is 0 Å². The molecular weight excluding hydrogens is 395 g/mol. The average molecular weight is 417 g/mol. The van der Waals surface area contributed by atoms with Gasteiger partial charge < -0.3 is 9.88 Å². The van der Waals surface area contributed by atoms with E-state index in [0.717, 1.165) is 53.7 Å². The van der Waals surface area contributed by atoms with Crippen molar-refractivity contribution in [1.82, 2.24) is 19.2 Å². The summed E-state index contributed by atoms with van der Waals surface area (Å²) in [5.74, 6) is -0.218. The van der Waals surface area contributed by atoms with Crippen LogP contribution in [-0.4, -0.2) is 19.2 Å². The van der Waals surface area contributed by atoms with Gasteiger partial charge in [0.25, 0.3) is 0 Å². The van der Waals surface area contributed by atoms with E-state index in [0.29, 0.717) is 0 Å². The summed E-state index contributed by atoms with van der Waals surface area (Å²) in [5, 5.41) is 3.16. The van der Waals surface area contributed by atoms with Crippen molar-refractivity contribution in [3.05, 3.63) is 95.2 Å². The second kappa shape index (κ2) is 8.24. The highest BCUT2D eigenvalue weighted by atomic mass is 32.1. The van der Waals surface area contributed by atoms with Gasteiger partial charge in [0.15, 0.2) is 0 Å². The molecule has 6 heteroatoms. The van der Waals surface area contributed by atoms with Crippen LogP contribution in [0.15, 0.2) is 72.6 Å². The number of aromatic amines is 1. The Morgan fingerprint density at radius 2 is 2.03 bits per heavy atom. The van der Waals surface area contributed by atoms with E-state index in [4.69, 9.17) is 0 Å². The molecule has 5 rings (SSSR count). The molecule has 0 fully saturated rings. The van der Waals surface area contributed by atoms with Gasteiger partial charge in [-0.15, -0.1) is 0 Å². The van der Waals surface area contributed by atoms with Gasteiger partial charge in [0.1, 0.15) is 11.5 Å². The zero-order chi connectivity index (χ0) is 20.3. The minimum atomic E-state index is -0.218. The maximum absolute atomic E-state index is 13.7. The van der Waals surface area contributed by atoms with Gasteiger partial charge in [0.05, 0.1) is 5.70 Å². The second-order valence-electron chi connectivity index (χ2n) is 7.37. The predicted octanol–water partition coefficient (Wildman–Crippen LogP) is 6.23. The zero-order valence-corrected chi connectivity index (χ0v) is 17.2. The van der Waals surface area contributed by atoms with Crippen LogP contribution in [0.5, 0.6) is 0 Å². The average Bonchev–Trinajstić information content (AvgIpc) is 3.43. The summed E-state index contributed by atoms with van der Waals surface area (Å²) in [6, 6.07) is 11.0. The molecule has 1 N–H and O–H groups in total. The number of aromatic nitrogens is 3. The van der Waals surface area contributed by atoms with Gasteiger partial charge in [0, 0.05) is 53.2 Å². The molecule has 4 aromatic rings. The van der Waals surface area contributed by atoms with Crippen LogP contribution in [0, 0.1) is 5.82 Å². The number of allylic oxidation sites excluding steroid dienone is 2. The molecule has 0 aliphatic carbocycles. The largest absolute Gasteiger partial charge is 0.346 e. The molecule has 0 spiro atoms. The summed E-state index contributed by atoms with van der Waals surface area (Å²) in [6.07, 6.45) is 13.1. The minimum absolute atomic E-state index is 0.218. The van der Waals surface area contributed by atoms with E-state index >= 15 is 0 Å². The first-order chi connectivity index (χ1) is 14.8. The Balaban J connectivity index is 1.75. The van der Waals surface area contributed by atoms with Crippen molar-refractivity contribution in [3.8, 4) is 0 Å². The third-order valence-corrected chi connectivity index (χ3v) is 6.04. The van der Waals surface area contributed by atoms with Crippen LogP contribution in [0.3, 0.4) is 0 Å². The Kier molecular flexibility index (Phi) is 5.15. The van der Waals surface area contributed by atoms with Crippen LogP contribution in [0.25, 0.3) is 22.3 Å². The highest BCUT2D eigenvalue weighted by Gasteiger charge is 2.21. The van der Waals surface area contributed by atoms with E-state index in [-0.39, 0.29) is 5.82 Å². The Morgan fingerprint density at radius 1 is 1.13 bits per heavy atom. The van der Waals surface area contributed by atoms with Gasteiger partial charge in [-0.05, 0) is 66.2 Å². The normalized spacial score (nSPS) is 14.9. The van der Waals surface area contributed by atoms with Crippen molar-refractivity contribution < 1.29 is 4.39 Å². The number of halogens is 1. The number of rotatable bonds is 4. The maximum Gasteiger partial charge on any atom is 0.137 e. The molecule has 30 heavy (non-hydrogen) atoms. The number of pyridine rings is 1. The molecule has 0 atom stereocenters. The van der Waals surface area contributed by atoms with Crippen LogP contribution in [-0.2, 0) is 6.54 Å². The van der Waals surface area contributed by atoms with Crippen molar-refractivity contribution in [2.24, 2.45) is 0 Å². The topological polar surface area (TPSA) is 44.8 Å². The number of H-pyrrole nitrogens is 1. The molecule has 0 amide bonds. The van der Waals surface area contributed by atoms with E-state index in [1.54, 1.807) is 12.1 Å². The fourth-order valence-electron chi connectivity index (χ4n) is 4.01. The molecule has 0 saturated heterocycles. The summed E-state index contributed by atoms with van der Waals surface area (Å²) in [5.41, 5.74) is 6.56. The number of fused-ring (bicyclic) bond motifs is 1. The van der Waals surface area contributed by atoms with Gasteiger partial charge in [-0.1, -0.05) is 18.2 Å². The summed E-state index contributed by atoms with van der Waals surface area (Å²) in [7, 11) is 0.